The number of aromatic nitrogens is 2. The van der Waals surface area contributed by atoms with E-state index in [1.165, 1.54) is 6.92 Å². The van der Waals surface area contributed by atoms with Crippen LogP contribution in [0.2, 0.25) is 0 Å². The number of amides is 1. The maximum atomic E-state index is 12.0. The van der Waals surface area contributed by atoms with Crippen molar-refractivity contribution < 1.29 is 13.2 Å². The van der Waals surface area contributed by atoms with E-state index in [-0.39, 0.29) is 21.3 Å². The average Bonchev–Trinajstić information content (AvgIpc) is 2.82. The third kappa shape index (κ3) is 5.31. The van der Waals surface area contributed by atoms with Crippen molar-refractivity contribution in [1.82, 2.24) is 14.9 Å². The van der Waals surface area contributed by atoms with Crippen LogP contribution in [0.15, 0.2) is 4.34 Å². The molecule has 1 aromatic rings. The van der Waals surface area contributed by atoms with Gasteiger partial charge in [0, 0.05) is 19.3 Å². The van der Waals surface area contributed by atoms with Gasteiger partial charge >= 0.3 is 0 Å². The number of hydrogen-bond acceptors (Lipinski definition) is 6. The predicted molar refractivity (Wildman–Crippen MR) is 78.5 cm³/mol. The van der Waals surface area contributed by atoms with Crippen molar-refractivity contribution in [2.24, 2.45) is 5.92 Å². The fraction of sp³-hybridized carbons (Fsp3) is 0.700. The summed E-state index contributed by atoms with van der Waals surface area (Å²) in [5.74, 6) is 0.349. The molecule has 1 unspecified atom stereocenters. The minimum absolute atomic E-state index is 0.158. The Hall–Kier alpha value is -0.770. The van der Waals surface area contributed by atoms with Crippen LogP contribution in [0.25, 0.3) is 0 Å². The summed E-state index contributed by atoms with van der Waals surface area (Å²) in [6.07, 6.45) is 1.58. The Morgan fingerprint density at radius 2 is 2.15 bits per heavy atom. The molecular weight excluding hydrogens is 324 g/mol. The highest BCUT2D eigenvalue weighted by Crippen LogP contribution is 2.20. The number of alkyl halides is 1. The van der Waals surface area contributed by atoms with Crippen LogP contribution in [-0.4, -0.2) is 36.9 Å². The van der Waals surface area contributed by atoms with Crippen LogP contribution < -0.4 is 10.0 Å². The average molecular weight is 341 g/mol. The van der Waals surface area contributed by atoms with E-state index in [1.807, 2.05) is 6.92 Å². The molecule has 2 N–H and O–H groups in total. The first-order valence-electron chi connectivity index (χ1n) is 6.05. The summed E-state index contributed by atoms with van der Waals surface area (Å²) in [6.45, 7) is 3.60. The lowest BCUT2D eigenvalue weighted by Gasteiger charge is -2.13. The van der Waals surface area contributed by atoms with Crippen molar-refractivity contribution in [1.29, 1.82) is 0 Å². The highest BCUT2D eigenvalue weighted by atomic mass is 35.5. The van der Waals surface area contributed by atoms with Crippen LogP contribution in [0.4, 0.5) is 5.13 Å². The lowest BCUT2D eigenvalue weighted by atomic mass is 10.0. The molecule has 0 saturated heterocycles. The van der Waals surface area contributed by atoms with Crippen molar-refractivity contribution in [3.05, 3.63) is 0 Å². The molecule has 0 spiro atoms. The number of nitrogens with zero attached hydrogens (tertiary/aromatic N) is 2. The second-order valence-electron chi connectivity index (χ2n) is 4.16. The third-order valence-electron chi connectivity index (χ3n) is 2.58. The molecule has 0 aliphatic rings. The summed E-state index contributed by atoms with van der Waals surface area (Å²) in [4.78, 5) is 10.8. The molecule has 20 heavy (non-hydrogen) atoms. The first-order valence-corrected chi connectivity index (χ1v) is 8.89. The Bertz CT molecular complexity index is 546. The zero-order chi connectivity index (χ0) is 15.2. The zero-order valence-corrected chi connectivity index (χ0v) is 13.6. The van der Waals surface area contributed by atoms with Gasteiger partial charge in [-0.05, 0) is 12.3 Å². The van der Waals surface area contributed by atoms with Gasteiger partial charge in [0.15, 0.2) is 0 Å². The SMILES string of the molecule is CCC(CCCl)CNS(=O)(=O)c1nnc(NC(C)=O)s1. The van der Waals surface area contributed by atoms with E-state index in [4.69, 9.17) is 11.6 Å². The fourth-order valence-corrected chi connectivity index (χ4v) is 3.82. The molecule has 114 valence electrons. The topological polar surface area (TPSA) is 101 Å². The largest absolute Gasteiger partial charge is 0.301 e. The van der Waals surface area contributed by atoms with E-state index < -0.39 is 10.0 Å². The number of carbonyl (C=O) groups excluding carboxylic acids is 1. The van der Waals surface area contributed by atoms with Crippen LogP contribution in [-0.2, 0) is 14.8 Å². The van der Waals surface area contributed by atoms with Crippen LogP contribution in [0.1, 0.15) is 26.7 Å². The molecule has 1 amide bonds. The summed E-state index contributed by atoms with van der Waals surface area (Å²) >= 11 is 6.47. The fourth-order valence-electron chi connectivity index (χ4n) is 1.41. The maximum Gasteiger partial charge on any atom is 0.269 e. The first-order chi connectivity index (χ1) is 9.39. The summed E-state index contributed by atoms with van der Waals surface area (Å²) in [5.41, 5.74) is 0. The molecule has 0 saturated carbocycles. The Balaban J connectivity index is 2.68. The third-order valence-corrected chi connectivity index (χ3v) is 5.42. The number of nitrogens with one attached hydrogen (secondary N) is 2. The lowest BCUT2D eigenvalue weighted by Crippen LogP contribution is -2.29. The molecule has 7 nitrogen and oxygen atoms in total. The van der Waals surface area contributed by atoms with Crippen molar-refractivity contribution in [2.75, 3.05) is 17.7 Å². The molecule has 0 radical (unpaired) electrons. The predicted octanol–water partition coefficient (Wildman–Crippen LogP) is 1.43. The van der Waals surface area contributed by atoms with E-state index >= 15 is 0 Å². The van der Waals surface area contributed by atoms with Crippen LogP contribution in [0, 0.1) is 5.92 Å². The number of halogens is 1. The van der Waals surface area contributed by atoms with Gasteiger partial charge in [-0.15, -0.1) is 21.8 Å². The van der Waals surface area contributed by atoms with Gasteiger partial charge in [0.1, 0.15) is 0 Å². The normalized spacial score (nSPS) is 13.2. The molecule has 1 rings (SSSR count). The second kappa shape index (κ2) is 7.87. The number of carbonyl (C=O) groups is 1. The monoisotopic (exact) mass is 340 g/mol. The van der Waals surface area contributed by atoms with Crippen molar-refractivity contribution in [2.45, 2.75) is 31.0 Å². The van der Waals surface area contributed by atoms with E-state index in [9.17, 15) is 13.2 Å². The van der Waals surface area contributed by atoms with E-state index in [2.05, 4.69) is 20.2 Å². The van der Waals surface area contributed by atoms with Gasteiger partial charge in [0.05, 0.1) is 0 Å². The minimum atomic E-state index is -3.70. The quantitative estimate of drug-likeness (QED) is 0.550. The Labute approximate surface area is 127 Å². The van der Waals surface area contributed by atoms with Gasteiger partial charge in [-0.3, -0.25) is 4.79 Å². The molecule has 0 aromatic carbocycles. The second-order valence-corrected chi connectivity index (χ2v) is 7.45. The van der Waals surface area contributed by atoms with Gasteiger partial charge in [0.2, 0.25) is 15.4 Å². The molecule has 0 bridgehead atoms. The smallest absolute Gasteiger partial charge is 0.269 e. The van der Waals surface area contributed by atoms with E-state index in [0.29, 0.717) is 12.4 Å². The van der Waals surface area contributed by atoms with Gasteiger partial charge in [-0.25, -0.2) is 13.1 Å². The highest BCUT2D eigenvalue weighted by Gasteiger charge is 2.21. The summed E-state index contributed by atoms with van der Waals surface area (Å²) in [6, 6.07) is 0. The summed E-state index contributed by atoms with van der Waals surface area (Å²) < 4.78 is 26.3. The molecule has 10 heteroatoms. The molecule has 0 aliphatic heterocycles. The molecule has 0 fully saturated rings. The Morgan fingerprint density at radius 3 is 2.70 bits per heavy atom. The van der Waals surface area contributed by atoms with E-state index in [1.54, 1.807) is 0 Å². The molecule has 0 aliphatic carbocycles. The molecule has 1 atom stereocenters. The molecule has 1 heterocycles. The van der Waals surface area contributed by atoms with E-state index in [0.717, 1.165) is 24.2 Å². The zero-order valence-electron chi connectivity index (χ0n) is 11.2. The number of rotatable bonds is 8. The Morgan fingerprint density at radius 1 is 1.45 bits per heavy atom. The lowest BCUT2D eigenvalue weighted by molar-refractivity contribution is -0.114. The van der Waals surface area contributed by atoms with Gasteiger partial charge in [-0.2, -0.15) is 0 Å². The van der Waals surface area contributed by atoms with Crippen molar-refractivity contribution in [3.8, 4) is 0 Å². The Kier molecular flexibility index (Phi) is 6.80. The van der Waals surface area contributed by atoms with Gasteiger partial charge in [-0.1, -0.05) is 24.7 Å². The maximum absolute atomic E-state index is 12.0. The van der Waals surface area contributed by atoms with Crippen molar-refractivity contribution in [3.63, 3.8) is 0 Å². The summed E-state index contributed by atoms with van der Waals surface area (Å²) in [7, 11) is -3.70. The standard InChI is InChI=1S/C10H17ClN4O3S2/c1-3-8(4-5-11)6-12-20(17,18)10-15-14-9(19-10)13-7(2)16/h8,12H,3-6H2,1-2H3,(H,13,14,16). The summed E-state index contributed by atoms with van der Waals surface area (Å²) in [5, 5.41) is 9.72. The van der Waals surface area contributed by atoms with Crippen LogP contribution in [0.3, 0.4) is 0 Å². The highest BCUT2D eigenvalue weighted by molar-refractivity contribution is 7.91. The van der Waals surface area contributed by atoms with Gasteiger partial charge in [0.25, 0.3) is 10.0 Å². The van der Waals surface area contributed by atoms with Crippen LogP contribution in [0.5, 0.6) is 0 Å². The first kappa shape index (κ1) is 17.3. The molecule has 1 aromatic heterocycles. The minimum Gasteiger partial charge on any atom is -0.301 e. The van der Waals surface area contributed by atoms with Crippen molar-refractivity contribution >= 4 is 44.0 Å². The number of sulfonamides is 1. The number of anilines is 1. The van der Waals surface area contributed by atoms with Gasteiger partial charge < -0.3 is 5.32 Å². The molecular formula is C10H17ClN4O3S2. The van der Waals surface area contributed by atoms with Crippen LogP contribution >= 0.6 is 22.9 Å². The number of hydrogen-bond donors (Lipinski definition) is 2.